The summed E-state index contributed by atoms with van der Waals surface area (Å²) in [5.74, 6) is 3.16. The average molecular weight is 368 g/mol. The number of alkyl halides is 1. The van der Waals surface area contributed by atoms with Crippen LogP contribution < -0.4 is 5.32 Å². The molecule has 1 amide bonds. The minimum atomic E-state index is -0.0647. The molecular formula is C21H34ClNO2. The Kier molecular flexibility index (Phi) is 4.64. The molecule has 25 heavy (non-hydrogen) atoms. The van der Waals surface area contributed by atoms with Crippen molar-refractivity contribution < 1.29 is 9.90 Å². The van der Waals surface area contributed by atoms with Crippen LogP contribution in [0.15, 0.2) is 0 Å². The van der Waals surface area contributed by atoms with E-state index in [4.69, 9.17) is 11.6 Å². The molecule has 0 aromatic rings. The molecule has 0 bridgehead atoms. The van der Waals surface area contributed by atoms with Crippen molar-refractivity contribution in [2.75, 3.05) is 5.88 Å². The Morgan fingerprint density at radius 1 is 1.04 bits per heavy atom. The molecule has 2 N–H and O–H groups in total. The van der Waals surface area contributed by atoms with Gasteiger partial charge in [-0.25, -0.2) is 0 Å². The van der Waals surface area contributed by atoms with E-state index in [-0.39, 0.29) is 23.3 Å². The summed E-state index contributed by atoms with van der Waals surface area (Å²) in [6.45, 7) is 4.96. The van der Waals surface area contributed by atoms with Gasteiger partial charge in [0.05, 0.1) is 6.10 Å². The van der Waals surface area contributed by atoms with Gasteiger partial charge in [-0.15, -0.1) is 11.6 Å². The van der Waals surface area contributed by atoms with E-state index in [1.165, 1.54) is 38.5 Å². The molecule has 142 valence electrons. The number of nitrogens with one attached hydrogen (secondary N) is 1. The van der Waals surface area contributed by atoms with E-state index >= 15 is 0 Å². The van der Waals surface area contributed by atoms with Gasteiger partial charge < -0.3 is 10.4 Å². The number of carbonyl (C=O) groups is 1. The first-order valence-corrected chi connectivity index (χ1v) is 11.0. The van der Waals surface area contributed by atoms with Crippen molar-refractivity contribution in [2.24, 2.45) is 34.5 Å². The number of hydrogen-bond donors (Lipinski definition) is 2. The van der Waals surface area contributed by atoms with E-state index < -0.39 is 0 Å². The zero-order valence-corrected chi connectivity index (χ0v) is 16.5. The van der Waals surface area contributed by atoms with Crippen molar-refractivity contribution >= 4 is 17.5 Å². The van der Waals surface area contributed by atoms with E-state index in [1.807, 2.05) is 0 Å². The van der Waals surface area contributed by atoms with Crippen LogP contribution in [0.3, 0.4) is 0 Å². The van der Waals surface area contributed by atoms with Gasteiger partial charge in [0, 0.05) is 6.04 Å². The molecule has 0 unspecified atom stereocenters. The first-order valence-electron chi connectivity index (χ1n) is 10.4. The lowest BCUT2D eigenvalue weighted by Gasteiger charge is -2.60. The Morgan fingerprint density at radius 3 is 2.52 bits per heavy atom. The molecule has 4 rings (SSSR count). The Hall–Kier alpha value is -0.280. The molecule has 0 aromatic carbocycles. The fourth-order valence-corrected chi connectivity index (χ4v) is 7.78. The van der Waals surface area contributed by atoms with Crippen LogP contribution in [0.5, 0.6) is 0 Å². The van der Waals surface area contributed by atoms with Gasteiger partial charge >= 0.3 is 0 Å². The summed E-state index contributed by atoms with van der Waals surface area (Å²) in [6.07, 6.45) is 10.7. The van der Waals surface area contributed by atoms with Crippen molar-refractivity contribution in [2.45, 2.75) is 83.8 Å². The third-order valence-corrected chi connectivity index (χ3v) is 9.34. The second-order valence-electron chi connectivity index (χ2n) is 9.96. The van der Waals surface area contributed by atoms with E-state index in [0.717, 1.165) is 42.9 Å². The number of hydrogen-bond acceptors (Lipinski definition) is 2. The number of fused-ring (bicyclic) bond motifs is 5. The number of amides is 1. The highest BCUT2D eigenvalue weighted by molar-refractivity contribution is 6.27. The second-order valence-corrected chi connectivity index (χ2v) is 10.2. The monoisotopic (exact) mass is 367 g/mol. The van der Waals surface area contributed by atoms with Crippen LogP contribution in [0.25, 0.3) is 0 Å². The van der Waals surface area contributed by atoms with Gasteiger partial charge in [0.25, 0.3) is 0 Å². The Balaban J connectivity index is 1.55. The van der Waals surface area contributed by atoms with Gasteiger partial charge in [0.2, 0.25) is 5.91 Å². The normalized spacial score (nSPS) is 52.0. The maximum atomic E-state index is 11.9. The molecule has 0 aromatic heterocycles. The van der Waals surface area contributed by atoms with Crippen LogP contribution in [0, 0.1) is 34.5 Å². The first kappa shape index (κ1) is 18.1. The van der Waals surface area contributed by atoms with Crippen LogP contribution in [-0.2, 0) is 4.79 Å². The van der Waals surface area contributed by atoms with Gasteiger partial charge in [0.15, 0.2) is 0 Å². The Morgan fingerprint density at radius 2 is 1.76 bits per heavy atom. The molecule has 4 heteroatoms. The van der Waals surface area contributed by atoms with Crippen molar-refractivity contribution in [3.8, 4) is 0 Å². The molecule has 0 radical (unpaired) electrons. The van der Waals surface area contributed by atoms with Crippen molar-refractivity contribution in [1.29, 1.82) is 0 Å². The summed E-state index contributed by atoms with van der Waals surface area (Å²) in [7, 11) is 0. The van der Waals surface area contributed by atoms with E-state index in [0.29, 0.717) is 11.5 Å². The molecule has 0 saturated heterocycles. The maximum Gasteiger partial charge on any atom is 0.235 e. The molecule has 0 heterocycles. The zero-order chi connectivity index (χ0) is 17.8. The second kappa shape index (κ2) is 6.41. The van der Waals surface area contributed by atoms with E-state index in [1.54, 1.807) is 0 Å². The lowest BCUT2D eigenvalue weighted by atomic mass is 9.45. The van der Waals surface area contributed by atoms with Crippen molar-refractivity contribution in [3.05, 3.63) is 0 Å². The van der Waals surface area contributed by atoms with Gasteiger partial charge in [-0.2, -0.15) is 0 Å². The van der Waals surface area contributed by atoms with Crippen LogP contribution in [0.1, 0.15) is 71.6 Å². The lowest BCUT2D eigenvalue weighted by molar-refractivity contribution is -0.128. The molecule has 8 atom stereocenters. The minimum Gasteiger partial charge on any atom is -0.393 e. The van der Waals surface area contributed by atoms with Crippen molar-refractivity contribution in [1.82, 2.24) is 5.32 Å². The predicted octanol–water partition coefficient (Wildman–Crippen LogP) is 4.11. The molecule has 0 spiro atoms. The zero-order valence-electron chi connectivity index (χ0n) is 15.8. The number of aliphatic hydroxyl groups excluding tert-OH is 1. The van der Waals surface area contributed by atoms with Gasteiger partial charge in [-0.1, -0.05) is 13.8 Å². The molecular weight excluding hydrogens is 334 g/mol. The van der Waals surface area contributed by atoms with Crippen LogP contribution in [0.4, 0.5) is 0 Å². The number of halogens is 1. The number of aliphatic hydroxyl groups is 1. The molecule has 4 saturated carbocycles. The SMILES string of the molecule is C[C@]12CC[C@H](O)C[C@@H]1CC[C@@H]1[C@H]2CC[C@@]2(C)[C@@H]1CC[C@H]2NC(=O)CCl. The standard InChI is InChI=1S/C21H34ClNO2/c1-20-9-7-14(24)11-13(20)3-4-15-16-5-6-18(23-19(25)12-22)21(16,2)10-8-17(15)20/h13-18,24H,3-12H2,1-2H3,(H,23,25)/t13-,14-,15-,16+,17+,18+,20-,21-/m0/s1. The lowest BCUT2D eigenvalue weighted by Crippen LogP contribution is -2.56. The third-order valence-electron chi connectivity index (χ3n) is 9.09. The highest BCUT2D eigenvalue weighted by Gasteiger charge is 2.60. The van der Waals surface area contributed by atoms with E-state index in [9.17, 15) is 9.90 Å². The summed E-state index contributed by atoms with van der Waals surface area (Å²) >= 11 is 5.74. The van der Waals surface area contributed by atoms with Gasteiger partial charge in [-0.05, 0) is 92.3 Å². The molecule has 4 aliphatic rings. The summed E-state index contributed by atoms with van der Waals surface area (Å²) in [5, 5.41) is 13.4. The highest BCUT2D eigenvalue weighted by atomic mass is 35.5. The maximum absolute atomic E-state index is 11.9. The summed E-state index contributed by atoms with van der Waals surface area (Å²) in [6, 6.07) is 0.309. The first-order chi connectivity index (χ1) is 11.9. The van der Waals surface area contributed by atoms with Crippen LogP contribution >= 0.6 is 11.6 Å². The van der Waals surface area contributed by atoms with Gasteiger partial charge in [-0.3, -0.25) is 4.79 Å². The highest BCUT2D eigenvalue weighted by Crippen LogP contribution is 2.66. The fraction of sp³-hybridized carbons (Fsp3) is 0.952. The van der Waals surface area contributed by atoms with E-state index in [2.05, 4.69) is 19.2 Å². The number of carbonyl (C=O) groups excluding carboxylic acids is 1. The summed E-state index contributed by atoms with van der Waals surface area (Å²) in [4.78, 5) is 11.9. The molecule has 0 aliphatic heterocycles. The quantitative estimate of drug-likeness (QED) is 0.721. The Bertz CT molecular complexity index is 540. The molecule has 4 fully saturated rings. The summed E-state index contributed by atoms with van der Waals surface area (Å²) < 4.78 is 0. The minimum absolute atomic E-state index is 0.00685. The topological polar surface area (TPSA) is 49.3 Å². The summed E-state index contributed by atoms with van der Waals surface area (Å²) in [5.41, 5.74) is 0.682. The van der Waals surface area contributed by atoms with Crippen molar-refractivity contribution in [3.63, 3.8) is 0 Å². The predicted molar refractivity (Wildman–Crippen MR) is 100 cm³/mol. The van der Waals surface area contributed by atoms with Crippen LogP contribution in [-0.4, -0.2) is 29.0 Å². The van der Waals surface area contributed by atoms with Gasteiger partial charge in [0.1, 0.15) is 5.88 Å². The molecule has 3 nitrogen and oxygen atoms in total. The molecule has 4 aliphatic carbocycles. The average Bonchev–Trinajstić information content (AvgIpc) is 2.92. The smallest absolute Gasteiger partial charge is 0.235 e. The fourth-order valence-electron chi connectivity index (χ4n) is 7.71. The van der Waals surface area contributed by atoms with Crippen LogP contribution in [0.2, 0.25) is 0 Å². The Labute approximate surface area is 157 Å². The largest absolute Gasteiger partial charge is 0.393 e. The third kappa shape index (κ3) is 2.76. The number of rotatable bonds is 2.